The molecule has 1 aromatic carbocycles. The van der Waals surface area contributed by atoms with E-state index in [0.717, 1.165) is 18.4 Å². The molecule has 3 unspecified atom stereocenters. The summed E-state index contributed by atoms with van der Waals surface area (Å²) in [4.78, 5) is 12.9. The number of hydrogen-bond acceptors (Lipinski definition) is 4. The number of aliphatic hydroxyl groups is 1. The van der Waals surface area contributed by atoms with E-state index >= 15 is 0 Å². The van der Waals surface area contributed by atoms with E-state index in [1.165, 1.54) is 17.7 Å². The summed E-state index contributed by atoms with van der Waals surface area (Å²) in [6, 6.07) is 5.80. The van der Waals surface area contributed by atoms with Crippen LogP contribution in [0.4, 0.5) is 4.79 Å². The number of carboxylic acid groups (broad SMARTS) is 1. The Morgan fingerprint density at radius 1 is 1.31 bits per heavy atom. The van der Waals surface area contributed by atoms with E-state index in [9.17, 15) is 15.0 Å². The highest BCUT2D eigenvalue weighted by Gasteiger charge is 2.48. The molecule has 1 saturated heterocycles. The van der Waals surface area contributed by atoms with Gasteiger partial charge in [0.25, 0.3) is 0 Å². The van der Waals surface area contributed by atoms with Crippen LogP contribution >= 0.6 is 0 Å². The molecule has 1 saturated carbocycles. The number of methoxy groups -OCH3 is 1. The largest absolute Gasteiger partial charge is 0.493 e. The lowest BCUT2D eigenvalue weighted by molar-refractivity contribution is 0.0481. The summed E-state index contributed by atoms with van der Waals surface area (Å²) in [6.45, 7) is 4.37. The fraction of sp³-hybridized carbons (Fsp3) is 0.650. The van der Waals surface area contributed by atoms with Crippen molar-refractivity contribution in [2.75, 3.05) is 20.2 Å². The van der Waals surface area contributed by atoms with Crippen molar-refractivity contribution in [2.24, 2.45) is 5.41 Å². The van der Waals surface area contributed by atoms with E-state index in [1.807, 2.05) is 25.1 Å². The van der Waals surface area contributed by atoms with Crippen LogP contribution in [0.15, 0.2) is 18.2 Å². The molecule has 1 aliphatic heterocycles. The molecule has 0 radical (unpaired) electrons. The van der Waals surface area contributed by atoms with Crippen LogP contribution in [0.3, 0.4) is 0 Å². The lowest BCUT2D eigenvalue weighted by Gasteiger charge is -2.33. The Labute approximate surface area is 154 Å². The number of carbonyl (C=O) groups is 1. The Bertz CT molecular complexity index is 656. The van der Waals surface area contributed by atoms with Gasteiger partial charge in [-0.3, -0.25) is 0 Å². The number of hydrogen-bond donors (Lipinski definition) is 2. The van der Waals surface area contributed by atoms with Gasteiger partial charge >= 0.3 is 6.09 Å². The van der Waals surface area contributed by atoms with Gasteiger partial charge in [-0.1, -0.05) is 13.0 Å². The Morgan fingerprint density at radius 2 is 2.00 bits per heavy atom. The van der Waals surface area contributed by atoms with Crippen molar-refractivity contribution in [3.05, 3.63) is 23.8 Å². The van der Waals surface area contributed by atoms with E-state index in [1.54, 1.807) is 14.0 Å². The quantitative estimate of drug-likeness (QED) is 0.837. The summed E-state index contributed by atoms with van der Waals surface area (Å²) in [5, 5.41) is 19.8. The zero-order chi connectivity index (χ0) is 18.9. The number of nitrogens with zero attached hydrogens (tertiary/aromatic N) is 1. The van der Waals surface area contributed by atoms with Crippen LogP contribution in [0.1, 0.15) is 51.0 Å². The number of likely N-dealkylation sites (tertiary alicyclic amines) is 1. The van der Waals surface area contributed by atoms with Crippen LogP contribution in [-0.4, -0.2) is 53.6 Å². The molecule has 2 N–H and O–H groups in total. The second-order valence-electron chi connectivity index (χ2n) is 7.83. The van der Waals surface area contributed by atoms with Gasteiger partial charge in [-0.25, -0.2) is 4.79 Å². The second kappa shape index (κ2) is 7.35. The topological polar surface area (TPSA) is 79.2 Å². The fourth-order valence-electron chi connectivity index (χ4n) is 4.26. The summed E-state index contributed by atoms with van der Waals surface area (Å²) >= 11 is 0. The molecule has 1 amide bonds. The molecule has 0 bridgehead atoms. The summed E-state index contributed by atoms with van der Waals surface area (Å²) in [5.41, 5.74) is 0.434. The highest BCUT2D eigenvalue weighted by Crippen LogP contribution is 2.47. The molecule has 0 spiro atoms. The van der Waals surface area contributed by atoms with Gasteiger partial charge in [0.2, 0.25) is 0 Å². The predicted octanol–water partition coefficient (Wildman–Crippen LogP) is 3.48. The van der Waals surface area contributed by atoms with Gasteiger partial charge < -0.3 is 24.6 Å². The summed E-state index contributed by atoms with van der Waals surface area (Å²) in [6.07, 6.45) is 3.10. The molecular weight excluding hydrogens is 334 g/mol. The maximum atomic E-state index is 11.5. The normalized spacial score (nSPS) is 27.5. The van der Waals surface area contributed by atoms with Crippen LogP contribution < -0.4 is 9.47 Å². The van der Waals surface area contributed by atoms with Crippen molar-refractivity contribution >= 4 is 6.09 Å². The summed E-state index contributed by atoms with van der Waals surface area (Å²) < 4.78 is 11.6. The van der Waals surface area contributed by atoms with Crippen molar-refractivity contribution < 1.29 is 24.5 Å². The van der Waals surface area contributed by atoms with E-state index in [2.05, 4.69) is 0 Å². The van der Waals surface area contributed by atoms with Gasteiger partial charge in [0.1, 0.15) is 0 Å². The first-order valence-corrected chi connectivity index (χ1v) is 9.35. The molecule has 3 atom stereocenters. The molecule has 2 fully saturated rings. The van der Waals surface area contributed by atoms with E-state index < -0.39 is 17.6 Å². The smallest absolute Gasteiger partial charge is 0.407 e. The van der Waals surface area contributed by atoms with Gasteiger partial charge in [-0.15, -0.1) is 0 Å². The minimum Gasteiger partial charge on any atom is -0.493 e. The minimum absolute atomic E-state index is 0.101. The second-order valence-corrected chi connectivity index (χ2v) is 7.83. The zero-order valence-electron chi connectivity index (χ0n) is 15.8. The number of benzene rings is 1. The first-order valence-electron chi connectivity index (χ1n) is 9.35. The van der Waals surface area contributed by atoms with Crippen LogP contribution in [0.2, 0.25) is 0 Å². The van der Waals surface area contributed by atoms with Crippen molar-refractivity contribution in [2.45, 2.75) is 57.7 Å². The van der Waals surface area contributed by atoms with E-state index in [4.69, 9.17) is 9.47 Å². The van der Waals surface area contributed by atoms with Gasteiger partial charge in [0, 0.05) is 24.4 Å². The number of rotatable bonds is 5. The molecule has 1 aliphatic carbocycles. The Kier molecular flexibility index (Phi) is 5.32. The van der Waals surface area contributed by atoms with Crippen LogP contribution in [0.25, 0.3) is 0 Å². The monoisotopic (exact) mass is 363 g/mol. The molecule has 144 valence electrons. The van der Waals surface area contributed by atoms with Crippen molar-refractivity contribution in [3.63, 3.8) is 0 Å². The van der Waals surface area contributed by atoms with Gasteiger partial charge in [0.15, 0.2) is 11.5 Å². The highest BCUT2D eigenvalue weighted by molar-refractivity contribution is 5.66. The maximum Gasteiger partial charge on any atom is 0.407 e. The Balaban J connectivity index is 1.92. The zero-order valence-corrected chi connectivity index (χ0v) is 15.8. The minimum atomic E-state index is -0.949. The molecule has 6 nitrogen and oxygen atoms in total. The Morgan fingerprint density at radius 3 is 2.58 bits per heavy atom. The summed E-state index contributed by atoms with van der Waals surface area (Å²) in [5.74, 6) is 1.29. The van der Waals surface area contributed by atoms with Crippen molar-refractivity contribution in [1.82, 2.24) is 4.90 Å². The van der Waals surface area contributed by atoms with Gasteiger partial charge in [-0.2, -0.15) is 0 Å². The number of amides is 1. The number of aliphatic hydroxyl groups excluding tert-OH is 1. The van der Waals surface area contributed by atoms with Crippen molar-refractivity contribution in [3.8, 4) is 11.5 Å². The van der Waals surface area contributed by atoms with Crippen molar-refractivity contribution in [1.29, 1.82) is 0 Å². The third-order valence-corrected chi connectivity index (χ3v) is 6.14. The van der Waals surface area contributed by atoms with Gasteiger partial charge in [-0.05, 0) is 50.3 Å². The molecule has 26 heavy (non-hydrogen) atoms. The Hall–Kier alpha value is -1.95. The standard InChI is InChI=1S/C20H29NO5/c1-13(22)20(2)12-21(19(23)24)11-16(20)14-8-9-17(25-3)18(10-14)26-15-6-4-5-7-15/h8-10,13,15-16,22H,4-7,11-12H2,1-3H3,(H,23,24). The SMILES string of the molecule is COc1ccc(C2CN(C(=O)O)CC2(C)C(C)O)cc1OC1CCCC1. The molecule has 2 aliphatic rings. The third kappa shape index (κ3) is 3.47. The maximum absolute atomic E-state index is 11.5. The lowest BCUT2D eigenvalue weighted by Crippen LogP contribution is -2.37. The molecule has 6 heteroatoms. The number of ether oxygens (including phenoxy) is 2. The summed E-state index contributed by atoms with van der Waals surface area (Å²) in [7, 11) is 1.62. The fourth-order valence-corrected chi connectivity index (χ4v) is 4.26. The first-order chi connectivity index (χ1) is 12.3. The molecule has 3 rings (SSSR count). The predicted molar refractivity (Wildman–Crippen MR) is 98.0 cm³/mol. The molecule has 0 aromatic heterocycles. The van der Waals surface area contributed by atoms with E-state index in [-0.39, 0.29) is 12.0 Å². The van der Waals surface area contributed by atoms with Crippen LogP contribution in [0, 0.1) is 5.41 Å². The average Bonchev–Trinajstić information content (AvgIpc) is 3.23. The molecule has 1 heterocycles. The van der Waals surface area contributed by atoms with Crippen LogP contribution in [-0.2, 0) is 0 Å². The molecule has 1 aromatic rings. The highest BCUT2D eigenvalue weighted by atomic mass is 16.5. The average molecular weight is 363 g/mol. The lowest BCUT2D eigenvalue weighted by atomic mass is 9.72. The third-order valence-electron chi connectivity index (χ3n) is 6.14. The first kappa shape index (κ1) is 18.8. The molecular formula is C20H29NO5. The van der Waals surface area contributed by atoms with Gasteiger partial charge in [0.05, 0.1) is 19.3 Å². The van der Waals surface area contributed by atoms with Crippen LogP contribution in [0.5, 0.6) is 11.5 Å². The van der Waals surface area contributed by atoms with E-state index in [0.29, 0.717) is 24.6 Å².